The number of alkyl halides is 1. The molecule has 0 fully saturated rings. The molecule has 0 aliphatic heterocycles. The second-order valence-electron chi connectivity index (χ2n) is 8.05. The van der Waals surface area contributed by atoms with E-state index in [-0.39, 0.29) is 30.7 Å². The lowest BCUT2D eigenvalue weighted by Crippen LogP contribution is -2.35. The highest BCUT2D eigenvalue weighted by molar-refractivity contribution is 9.10. The molecular formula is C25H35Br3F2N2O6. The third kappa shape index (κ3) is 13.3. The number of nitrogens with one attached hydrogen (secondary N) is 1. The second kappa shape index (κ2) is 19.2. The van der Waals surface area contributed by atoms with Crippen molar-refractivity contribution in [3.8, 4) is 0 Å². The number of aromatic nitrogens is 2. The lowest BCUT2D eigenvalue weighted by atomic mass is 10.0. The number of hydrogen-bond acceptors (Lipinski definition) is 6. The zero-order valence-electron chi connectivity index (χ0n) is 21.3. The largest absolute Gasteiger partial charge is 0.465 e. The SMILES string of the molecule is C.CCOC(=O)C(Br)C(C)C.CCOC(=O)C(C(C)C)n1cc(Br)cc(F)c1=O.O=c1[nH]cc(Br)cc1F. The lowest BCUT2D eigenvalue weighted by molar-refractivity contribution is -0.148. The molecule has 8 nitrogen and oxygen atoms in total. The molecule has 0 radical (unpaired) electrons. The van der Waals surface area contributed by atoms with Crippen LogP contribution in [0.1, 0.15) is 55.0 Å². The number of H-pyrrole nitrogens is 1. The van der Waals surface area contributed by atoms with Gasteiger partial charge in [0.1, 0.15) is 10.9 Å². The Morgan fingerprint density at radius 3 is 1.84 bits per heavy atom. The minimum absolute atomic E-state index is 0. The molecular weight excluding hydrogens is 702 g/mol. The molecule has 2 atom stereocenters. The van der Waals surface area contributed by atoms with E-state index in [1.165, 1.54) is 12.4 Å². The van der Waals surface area contributed by atoms with E-state index in [1.807, 2.05) is 13.8 Å². The first-order valence-electron chi connectivity index (χ1n) is 11.3. The van der Waals surface area contributed by atoms with E-state index in [1.54, 1.807) is 27.7 Å². The van der Waals surface area contributed by atoms with E-state index in [0.717, 1.165) is 16.7 Å². The van der Waals surface area contributed by atoms with Gasteiger partial charge in [0, 0.05) is 21.3 Å². The number of carbonyl (C=O) groups is 2. The Labute approximate surface area is 246 Å². The van der Waals surface area contributed by atoms with E-state index in [2.05, 4.69) is 52.8 Å². The fourth-order valence-corrected chi connectivity index (χ4v) is 3.47. The summed E-state index contributed by atoms with van der Waals surface area (Å²) >= 11 is 9.32. The van der Waals surface area contributed by atoms with Crippen LogP contribution in [-0.2, 0) is 19.1 Å². The Morgan fingerprint density at radius 2 is 1.42 bits per heavy atom. The zero-order valence-corrected chi connectivity index (χ0v) is 26.1. The maximum absolute atomic E-state index is 13.4. The molecule has 0 spiro atoms. The number of halogens is 5. The minimum Gasteiger partial charge on any atom is -0.465 e. The monoisotopic (exact) mass is 734 g/mol. The van der Waals surface area contributed by atoms with Gasteiger partial charge in [-0.3, -0.25) is 19.0 Å². The standard InChI is InChI=1S/C12H15BrFNO3.C7H13BrO2.C5H3BrFNO.CH4/c1-4-18-12(17)10(7(2)3)15-6-8(13)5-9(14)11(15)16;1-4-10-7(9)6(8)5(2)3;6-3-1-4(7)5(9)8-2-3;/h5-7,10H,4H2,1-3H3;5-6H,4H2,1-3H3;1-2H,(H,8,9);1H4. The summed E-state index contributed by atoms with van der Waals surface area (Å²) in [6.07, 6.45) is 2.78. The fraction of sp³-hybridized carbons (Fsp3) is 0.520. The third-order valence-electron chi connectivity index (χ3n) is 4.34. The van der Waals surface area contributed by atoms with Gasteiger partial charge in [-0.1, -0.05) is 51.1 Å². The molecule has 2 aromatic heterocycles. The van der Waals surface area contributed by atoms with Gasteiger partial charge in [0.05, 0.1) is 13.2 Å². The maximum atomic E-state index is 13.4. The van der Waals surface area contributed by atoms with Crippen molar-refractivity contribution in [3.63, 3.8) is 0 Å². The number of esters is 2. The maximum Gasteiger partial charge on any atom is 0.329 e. The highest BCUT2D eigenvalue weighted by atomic mass is 79.9. The number of hydrogen-bond donors (Lipinski definition) is 1. The average Bonchev–Trinajstić information content (AvgIpc) is 2.80. The van der Waals surface area contributed by atoms with Gasteiger partial charge in [-0.15, -0.1) is 0 Å². The van der Waals surface area contributed by atoms with Crippen molar-refractivity contribution in [2.75, 3.05) is 13.2 Å². The van der Waals surface area contributed by atoms with Crippen molar-refractivity contribution >= 4 is 59.7 Å². The van der Waals surface area contributed by atoms with Crippen molar-refractivity contribution in [2.24, 2.45) is 11.8 Å². The number of pyridine rings is 2. The molecule has 2 unspecified atom stereocenters. The summed E-state index contributed by atoms with van der Waals surface area (Å²) in [6, 6.07) is 1.35. The normalized spacial score (nSPS) is 11.7. The van der Waals surface area contributed by atoms with Gasteiger partial charge < -0.3 is 14.5 Å². The molecule has 38 heavy (non-hydrogen) atoms. The summed E-state index contributed by atoms with van der Waals surface area (Å²) in [5.41, 5.74) is -1.52. The topological polar surface area (TPSA) is 107 Å². The summed E-state index contributed by atoms with van der Waals surface area (Å²) in [4.78, 5) is 46.8. The second-order valence-corrected chi connectivity index (χ2v) is 10.9. The van der Waals surface area contributed by atoms with Crippen LogP contribution in [-0.4, -0.2) is 39.5 Å². The first-order valence-corrected chi connectivity index (χ1v) is 13.8. The summed E-state index contributed by atoms with van der Waals surface area (Å²) in [5.74, 6) is -2.28. The minimum atomic E-state index is -0.903. The summed E-state index contributed by atoms with van der Waals surface area (Å²) in [5, 5.41) is 0. The number of aromatic amines is 1. The Morgan fingerprint density at radius 1 is 0.921 bits per heavy atom. The molecule has 0 amide bonds. The van der Waals surface area contributed by atoms with E-state index in [4.69, 9.17) is 9.47 Å². The first-order chi connectivity index (χ1) is 17.2. The van der Waals surface area contributed by atoms with Crippen LogP contribution in [0.5, 0.6) is 0 Å². The van der Waals surface area contributed by atoms with Crippen LogP contribution in [0, 0.1) is 23.5 Å². The van der Waals surface area contributed by atoms with E-state index >= 15 is 0 Å². The number of ether oxygens (including phenoxy) is 2. The van der Waals surface area contributed by atoms with Gasteiger partial charge in [-0.2, -0.15) is 0 Å². The van der Waals surface area contributed by atoms with Gasteiger partial charge in [0.25, 0.3) is 11.1 Å². The lowest BCUT2D eigenvalue weighted by Gasteiger charge is -2.21. The molecule has 2 rings (SSSR count). The highest BCUT2D eigenvalue weighted by Gasteiger charge is 2.27. The predicted molar refractivity (Wildman–Crippen MR) is 155 cm³/mol. The van der Waals surface area contributed by atoms with Crippen LogP contribution < -0.4 is 11.1 Å². The predicted octanol–water partition coefficient (Wildman–Crippen LogP) is 6.39. The molecule has 0 aliphatic rings. The Kier molecular flexibility index (Phi) is 19.4. The van der Waals surface area contributed by atoms with E-state index in [0.29, 0.717) is 21.5 Å². The Bertz CT molecular complexity index is 1140. The Balaban J connectivity index is 0. The Hall–Kier alpha value is -1.86. The number of rotatable bonds is 7. The molecule has 13 heteroatoms. The van der Waals surface area contributed by atoms with E-state index < -0.39 is 34.8 Å². The van der Waals surface area contributed by atoms with Crippen molar-refractivity contribution < 1.29 is 27.8 Å². The van der Waals surface area contributed by atoms with Gasteiger partial charge >= 0.3 is 11.9 Å². The number of carbonyl (C=O) groups excluding carboxylic acids is 2. The molecule has 0 saturated heterocycles. The van der Waals surface area contributed by atoms with Crippen LogP contribution in [0.4, 0.5) is 8.78 Å². The molecule has 216 valence electrons. The van der Waals surface area contributed by atoms with Crippen LogP contribution >= 0.6 is 47.8 Å². The van der Waals surface area contributed by atoms with Crippen molar-refractivity contribution in [3.05, 3.63) is 65.8 Å². The summed E-state index contributed by atoms with van der Waals surface area (Å²) < 4.78 is 37.3. The summed E-state index contributed by atoms with van der Waals surface area (Å²) in [6.45, 7) is 11.6. The molecule has 1 N–H and O–H groups in total. The molecule has 0 bridgehead atoms. The molecule has 0 saturated carbocycles. The van der Waals surface area contributed by atoms with Crippen molar-refractivity contribution in [1.82, 2.24) is 9.55 Å². The van der Waals surface area contributed by atoms with E-state index in [9.17, 15) is 28.0 Å². The van der Waals surface area contributed by atoms with Crippen LogP contribution in [0.3, 0.4) is 0 Å². The highest BCUT2D eigenvalue weighted by Crippen LogP contribution is 2.20. The third-order valence-corrected chi connectivity index (χ3v) is 6.67. The van der Waals surface area contributed by atoms with Crippen molar-refractivity contribution in [1.29, 1.82) is 0 Å². The first kappa shape index (κ1) is 38.3. The van der Waals surface area contributed by atoms with Gasteiger partial charge in [0.15, 0.2) is 11.6 Å². The van der Waals surface area contributed by atoms with Crippen LogP contribution in [0.15, 0.2) is 43.1 Å². The average molecular weight is 737 g/mol. The van der Waals surface area contributed by atoms with Gasteiger partial charge in [0.2, 0.25) is 0 Å². The zero-order chi connectivity index (χ0) is 28.9. The molecule has 2 heterocycles. The summed E-state index contributed by atoms with van der Waals surface area (Å²) in [7, 11) is 0. The van der Waals surface area contributed by atoms with Gasteiger partial charge in [-0.05, 0) is 69.7 Å². The quantitative estimate of drug-likeness (QED) is 0.261. The molecule has 0 aliphatic carbocycles. The van der Waals surface area contributed by atoms with Gasteiger partial charge in [-0.25, -0.2) is 13.6 Å². The number of nitrogens with zero attached hydrogens (tertiary/aromatic N) is 1. The van der Waals surface area contributed by atoms with Crippen LogP contribution in [0.2, 0.25) is 0 Å². The van der Waals surface area contributed by atoms with Crippen molar-refractivity contribution in [2.45, 2.75) is 59.8 Å². The van der Waals surface area contributed by atoms with Crippen LogP contribution in [0.25, 0.3) is 0 Å². The smallest absolute Gasteiger partial charge is 0.329 e. The fourth-order valence-electron chi connectivity index (χ4n) is 2.60. The molecule has 0 aromatic carbocycles. The molecule has 2 aromatic rings.